The molecule has 2 N–H and O–H groups in total. The van der Waals surface area contributed by atoms with Crippen LogP contribution < -0.4 is 10.6 Å². The molecule has 5 rings (SSSR count). The van der Waals surface area contributed by atoms with Crippen molar-refractivity contribution in [1.29, 1.82) is 5.26 Å². The number of nitriles is 1. The summed E-state index contributed by atoms with van der Waals surface area (Å²) in [6.45, 7) is 0. The molecule has 8 nitrogen and oxygen atoms in total. The lowest BCUT2D eigenvalue weighted by Gasteiger charge is -2.38. The predicted molar refractivity (Wildman–Crippen MR) is 142 cm³/mol. The molecule has 3 aromatic rings. The van der Waals surface area contributed by atoms with Gasteiger partial charge in [-0.25, -0.2) is 4.79 Å². The normalized spacial score (nSPS) is 17.5. The maximum absolute atomic E-state index is 13.3. The molecular weight excluding hydrogens is 506 g/mol. The molecule has 1 unspecified atom stereocenters. The third-order valence-electron chi connectivity index (χ3n) is 6.37. The maximum atomic E-state index is 13.3. The van der Waals surface area contributed by atoms with Crippen molar-refractivity contribution in [2.24, 2.45) is 5.73 Å². The van der Waals surface area contributed by atoms with Gasteiger partial charge in [0.05, 0.1) is 30.2 Å². The molecule has 2 heterocycles. The van der Waals surface area contributed by atoms with Gasteiger partial charge in [-0.05, 0) is 36.1 Å². The van der Waals surface area contributed by atoms with Crippen molar-refractivity contribution < 1.29 is 14.3 Å². The minimum atomic E-state index is -0.615. The fourth-order valence-corrected chi connectivity index (χ4v) is 6.47. The Morgan fingerprint density at radius 2 is 1.95 bits per heavy atom. The SMILES string of the molecule is COC(=O)c1ccc(C2C(C#N)=C(N)N(c3nnc(SCc4ccccc4)s3)C3=C2C(=O)CCC3)cc1. The van der Waals surface area contributed by atoms with Gasteiger partial charge in [-0.15, -0.1) is 10.2 Å². The van der Waals surface area contributed by atoms with E-state index in [9.17, 15) is 14.9 Å². The maximum Gasteiger partial charge on any atom is 0.337 e. The molecule has 2 aromatic carbocycles. The standard InChI is InChI=1S/C27H23N5O3S2/c1-35-25(34)18-12-10-17(11-13-18)22-19(14-28)24(29)32(20-8-5-9-21(33)23(20)22)26-30-31-27(37-26)36-15-16-6-3-2-4-7-16/h2-4,6-7,10-13,22H,5,8-9,15,29H2,1H3. The van der Waals surface area contributed by atoms with Crippen LogP contribution in [0.25, 0.3) is 0 Å². The van der Waals surface area contributed by atoms with Crippen LogP contribution in [0.5, 0.6) is 0 Å². The molecule has 0 radical (unpaired) electrons. The summed E-state index contributed by atoms with van der Waals surface area (Å²) < 4.78 is 5.56. The van der Waals surface area contributed by atoms with Crippen molar-refractivity contribution in [2.45, 2.75) is 35.3 Å². The smallest absolute Gasteiger partial charge is 0.337 e. The lowest BCUT2D eigenvalue weighted by molar-refractivity contribution is -0.116. The van der Waals surface area contributed by atoms with Crippen molar-refractivity contribution in [1.82, 2.24) is 10.2 Å². The van der Waals surface area contributed by atoms with Crippen LogP contribution in [0, 0.1) is 11.3 Å². The van der Waals surface area contributed by atoms with Crippen molar-refractivity contribution in [3.05, 3.63) is 94.0 Å². The molecule has 1 aromatic heterocycles. The first-order chi connectivity index (χ1) is 18.0. The highest BCUT2D eigenvalue weighted by Gasteiger charge is 2.41. The largest absolute Gasteiger partial charge is 0.465 e. The molecule has 1 atom stereocenters. The molecular formula is C27H23N5O3S2. The average Bonchev–Trinajstić information content (AvgIpc) is 3.40. The number of ketones is 1. The van der Waals surface area contributed by atoms with Crippen LogP contribution in [-0.2, 0) is 15.3 Å². The topological polar surface area (TPSA) is 122 Å². The van der Waals surface area contributed by atoms with Crippen LogP contribution >= 0.6 is 23.1 Å². The summed E-state index contributed by atoms with van der Waals surface area (Å²) in [7, 11) is 1.32. The van der Waals surface area contributed by atoms with Crippen molar-refractivity contribution >= 4 is 40.0 Å². The lowest BCUT2D eigenvalue weighted by Crippen LogP contribution is -2.38. The molecule has 0 spiro atoms. The number of rotatable bonds is 6. The second kappa shape index (κ2) is 10.6. The summed E-state index contributed by atoms with van der Waals surface area (Å²) in [5.74, 6) is -0.0933. The number of nitrogens with zero attached hydrogens (tertiary/aromatic N) is 4. The van der Waals surface area contributed by atoms with Crippen LogP contribution in [0.4, 0.5) is 5.13 Å². The van der Waals surface area contributed by atoms with Gasteiger partial charge in [-0.2, -0.15) is 5.26 Å². The van der Waals surface area contributed by atoms with Gasteiger partial charge in [0.1, 0.15) is 5.82 Å². The zero-order valence-corrected chi connectivity index (χ0v) is 21.6. The second-order valence-electron chi connectivity index (χ2n) is 8.55. The van der Waals surface area contributed by atoms with Gasteiger partial charge in [0.2, 0.25) is 5.13 Å². The van der Waals surface area contributed by atoms with Crippen molar-refractivity contribution in [2.75, 3.05) is 12.0 Å². The van der Waals surface area contributed by atoms with E-state index in [1.54, 1.807) is 40.9 Å². The van der Waals surface area contributed by atoms with E-state index in [0.29, 0.717) is 41.1 Å². The number of hydrogen-bond donors (Lipinski definition) is 1. The van der Waals surface area contributed by atoms with Gasteiger partial charge in [0.15, 0.2) is 10.1 Å². The first-order valence-corrected chi connectivity index (χ1v) is 13.5. The fraction of sp³-hybridized carbons (Fsp3) is 0.222. The molecule has 186 valence electrons. The van der Waals surface area contributed by atoms with Crippen LogP contribution in [0.1, 0.15) is 46.7 Å². The number of methoxy groups -OCH3 is 1. The highest BCUT2D eigenvalue weighted by molar-refractivity contribution is 8.00. The predicted octanol–water partition coefficient (Wildman–Crippen LogP) is 4.92. The number of benzene rings is 2. The average molecular weight is 530 g/mol. The number of ether oxygens (including phenoxy) is 1. The lowest BCUT2D eigenvalue weighted by atomic mass is 9.75. The Labute approximate surface area is 222 Å². The zero-order valence-electron chi connectivity index (χ0n) is 20.0. The summed E-state index contributed by atoms with van der Waals surface area (Å²) >= 11 is 2.96. The van der Waals surface area contributed by atoms with E-state index in [1.165, 1.54) is 24.0 Å². The number of allylic oxidation sites excluding steroid dienone is 3. The Hall–Kier alpha value is -3.94. The zero-order chi connectivity index (χ0) is 25.9. The van der Waals surface area contributed by atoms with Crippen molar-refractivity contribution in [3.8, 4) is 6.07 Å². The van der Waals surface area contributed by atoms with Gasteiger partial charge in [-0.1, -0.05) is 65.6 Å². The first-order valence-electron chi connectivity index (χ1n) is 11.7. The number of esters is 1. The molecule has 0 fully saturated rings. The number of Topliss-reactive ketones (excluding diaryl/α,β-unsaturated/α-hetero) is 1. The molecule has 0 saturated heterocycles. The van der Waals surface area contributed by atoms with E-state index in [-0.39, 0.29) is 17.2 Å². The third kappa shape index (κ3) is 4.75. The van der Waals surface area contributed by atoms with E-state index in [2.05, 4.69) is 28.4 Å². The van der Waals surface area contributed by atoms with Crippen LogP contribution in [0.2, 0.25) is 0 Å². The number of thioether (sulfide) groups is 1. The van der Waals surface area contributed by atoms with Crippen LogP contribution in [0.3, 0.4) is 0 Å². The number of anilines is 1. The molecule has 0 amide bonds. The summed E-state index contributed by atoms with van der Waals surface area (Å²) in [5, 5.41) is 19.4. The van der Waals surface area contributed by atoms with E-state index < -0.39 is 11.9 Å². The second-order valence-corrected chi connectivity index (χ2v) is 10.7. The van der Waals surface area contributed by atoms with E-state index in [4.69, 9.17) is 10.5 Å². The van der Waals surface area contributed by atoms with E-state index >= 15 is 0 Å². The third-order valence-corrected chi connectivity index (χ3v) is 8.48. The Morgan fingerprint density at radius 1 is 1.19 bits per heavy atom. The molecule has 1 aliphatic carbocycles. The quantitative estimate of drug-likeness (QED) is 0.350. The Balaban J connectivity index is 1.52. The number of nitrogens with two attached hydrogens (primary N) is 1. The van der Waals surface area contributed by atoms with Gasteiger partial charge in [0, 0.05) is 23.4 Å². The van der Waals surface area contributed by atoms with Gasteiger partial charge in [0.25, 0.3) is 0 Å². The molecule has 1 aliphatic heterocycles. The highest BCUT2D eigenvalue weighted by atomic mass is 32.2. The van der Waals surface area contributed by atoms with Gasteiger partial charge < -0.3 is 10.5 Å². The fourth-order valence-electron chi connectivity index (χ4n) is 4.64. The number of carbonyl (C=O) groups is 2. The minimum absolute atomic E-state index is 0.0169. The number of aromatic nitrogens is 2. The Bertz CT molecular complexity index is 1460. The molecule has 37 heavy (non-hydrogen) atoms. The summed E-state index contributed by atoms with van der Waals surface area (Å²) in [5.41, 5.74) is 10.5. The monoisotopic (exact) mass is 529 g/mol. The van der Waals surface area contributed by atoms with Crippen LogP contribution in [-0.4, -0.2) is 29.1 Å². The minimum Gasteiger partial charge on any atom is -0.465 e. The Kier molecular flexibility index (Phi) is 7.08. The summed E-state index contributed by atoms with van der Waals surface area (Å²) in [6.07, 6.45) is 1.71. The van der Waals surface area contributed by atoms with Gasteiger partial charge in [-0.3, -0.25) is 9.69 Å². The molecule has 0 bridgehead atoms. The summed E-state index contributed by atoms with van der Waals surface area (Å²) in [4.78, 5) is 26.9. The number of hydrogen-bond acceptors (Lipinski definition) is 10. The van der Waals surface area contributed by atoms with E-state index in [1.807, 2.05) is 18.2 Å². The summed E-state index contributed by atoms with van der Waals surface area (Å²) in [6, 6.07) is 19.1. The molecule has 2 aliphatic rings. The van der Waals surface area contributed by atoms with Crippen molar-refractivity contribution in [3.63, 3.8) is 0 Å². The van der Waals surface area contributed by atoms with Gasteiger partial charge >= 0.3 is 5.97 Å². The highest BCUT2D eigenvalue weighted by Crippen LogP contribution is 2.47. The van der Waals surface area contributed by atoms with Crippen LogP contribution in [0.15, 0.2) is 81.6 Å². The van der Waals surface area contributed by atoms with E-state index in [0.717, 1.165) is 15.8 Å². The molecule has 10 heteroatoms. The first kappa shape index (κ1) is 24.7. The number of carbonyl (C=O) groups excluding carboxylic acids is 2. The molecule has 0 saturated carbocycles. The Morgan fingerprint density at radius 3 is 2.65 bits per heavy atom.